The maximum absolute atomic E-state index is 12.8. The van der Waals surface area contributed by atoms with Crippen LogP contribution in [0.15, 0.2) is 53.1 Å². The number of methoxy groups -OCH3 is 1. The van der Waals surface area contributed by atoms with Gasteiger partial charge in [0.2, 0.25) is 11.7 Å². The van der Waals surface area contributed by atoms with Crippen molar-refractivity contribution in [3.8, 4) is 11.4 Å². The van der Waals surface area contributed by atoms with Gasteiger partial charge in [0.05, 0.1) is 24.8 Å². The number of nitrogens with zero attached hydrogens (tertiary/aromatic N) is 2. The summed E-state index contributed by atoms with van der Waals surface area (Å²) in [4.78, 5) is 15.8. The molecule has 6 nitrogen and oxygen atoms in total. The molecular weight excluding hydrogens is 363 g/mol. The van der Waals surface area contributed by atoms with Crippen LogP contribution < -0.4 is 5.32 Å². The molecule has 0 unspecified atom stereocenters. The van der Waals surface area contributed by atoms with E-state index in [1.807, 2.05) is 0 Å². The van der Waals surface area contributed by atoms with E-state index in [0.717, 1.165) is 12.1 Å². The van der Waals surface area contributed by atoms with E-state index in [2.05, 4.69) is 15.5 Å². The molecular formula is C18H14F3N3O3. The van der Waals surface area contributed by atoms with Gasteiger partial charge in [-0.3, -0.25) is 0 Å². The van der Waals surface area contributed by atoms with Gasteiger partial charge in [-0.05, 0) is 24.3 Å². The maximum Gasteiger partial charge on any atom is 0.416 e. The number of benzene rings is 2. The van der Waals surface area contributed by atoms with E-state index in [1.165, 1.54) is 19.2 Å². The minimum absolute atomic E-state index is 0.0409. The van der Waals surface area contributed by atoms with Crippen molar-refractivity contribution >= 4 is 11.7 Å². The quantitative estimate of drug-likeness (QED) is 0.673. The van der Waals surface area contributed by atoms with Crippen molar-refractivity contribution in [1.29, 1.82) is 0 Å². The van der Waals surface area contributed by atoms with Crippen LogP contribution in [0.2, 0.25) is 0 Å². The van der Waals surface area contributed by atoms with Crippen LogP contribution >= 0.6 is 0 Å². The molecule has 140 valence electrons. The lowest BCUT2D eigenvalue weighted by atomic mass is 10.1. The number of aromatic nitrogens is 2. The number of rotatable bonds is 5. The van der Waals surface area contributed by atoms with E-state index in [1.54, 1.807) is 24.3 Å². The number of ether oxygens (including phenoxy) is 1. The van der Waals surface area contributed by atoms with Gasteiger partial charge in [-0.25, -0.2) is 4.79 Å². The van der Waals surface area contributed by atoms with Crippen molar-refractivity contribution in [2.45, 2.75) is 12.7 Å². The Morgan fingerprint density at radius 3 is 2.70 bits per heavy atom. The Balaban J connectivity index is 1.76. The number of para-hydroxylation sites is 1. The molecule has 0 radical (unpaired) electrons. The molecule has 0 aliphatic heterocycles. The number of hydrogen-bond acceptors (Lipinski definition) is 6. The highest BCUT2D eigenvalue weighted by molar-refractivity contribution is 5.95. The van der Waals surface area contributed by atoms with Crippen LogP contribution in [0.3, 0.4) is 0 Å². The lowest BCUT2D eigenvalue weighted by Crippen LogP contribution is -2.08. The molecule has 1 N–H and O–H groups in total. The molecule has 9 heteroatoms. The molecule has 1 aromatic heterocycles. The third-order valence-corrected chi connectivity index (χ3v) is 3.68. The van der Waals surface area contributed by atoms with Crippen LogP contribution in [0.4, 0.5) is 18.9 Å². The lowest BCUT2D eigenvalue weighted by Gasteiger charge is -2.08. The summed E-state index contributed by atoms with van der Waals surface area (Å²) in [5, 5.41) is 6.68. The van der Waals surface area contributed by atoms with Crippen molar-refractivity contribution in [3.63, 3.8) is 0 Å². The summed E-state index contributed by atoms with van der Waals surface area (Å²) in [5.74, 6) is -0.311. The number of anilines is 1. The second kappa shape index (κ2) is 7.48. The first-order valence-electron chi connectivity index (χ1n) is 7.80. The van der Waals surface area contributed by atoms with E-state index >= 15 is 0 Å². The van der Waals surface area contributed by atoms with Crippen molar-refractivity contribution < 1.29 is 27.2 Å². The predicted octanol–water partition coefficient (Wildman–Crippen LogP) is 4.15. The minimum Gasteiger partial charge on any atom is -0.465 e. The van der Waals surface area contributed by atoms with Gasteiger partial charge in [0.1, 0.15) is 0 Å². The molecule has 0 saturated heterocycles. The first kappa shape index (κ1) is 18.4. The molecule has 0 spiro atoms. The molecule has 1 heterocycles. The van der Waals surface area contributed by atoms with Gasteiger partial charge in [0, 0.05) is 11.3 Å². The fourth-order valence-electron chi connectivity index (χ4n) is 2.37. The fraction of sp³-hybridized carbons (Fsp3) is 0.167. The molecule has 0 aliphatic carbocycles. The SMILES string of the molecule is COC(=O)c1ccccc1NCc1nc(-c2cccc(C(F)(F)F)c2)no1. The predicted molar refractivity (Wildman–Crippen MR) is 89.8 cm³/mol. The van der Waals surface area contributed by atoms with Crippen molar-refractivity contribution in [2.75, 3.05) is 12.4 Å². The largest absolute Gasteiger partial charge is 0.465 e. The highest BCUT2D eigenvalue weighted by atomic mass is 19.4. The van der Waals surface area contributed by atoms with Crippen molar-refractivity contribution in [3.05, 3.63) is 65.5 Å². The zero-order valence-electron chi connectivity index (χ0n) is 14.1. The number of esters is 1. The Bertz CT molecular complexity index is 954. The maximum atomic E-state index is 12.8. The van der Waals surface area contributed by atoms with Gasteiger partial charge < -0.3 is 14.6 Å². The van der Waals surface area contributed by atoms with Crippen LogP contribution in [0.1, 0.15) is 21.8 Å². The lowest BCUT2D eigenvalue weighted by molar-refractivity contribution is -0.137. The monoisotopic (exact) mass is 377 g/mol. The molecule has 0 bridgehead atoms. The van der Waals surface area contributed by atoms with Crippen LogP contribution in [0.5, 0.6) is 0 Å². The second-order valence-corrected chi connectivity index (χ2v) is 5.48. The number of halogens is 3. The number of carbonyl (C=O) groups is 1. The molecule has 0 fully saturated rings. The summed E-state index contributed by atoms with van der Waals surface area (Å²) in [6.45, 7) is 0.0833. The number of carbonyl (C=O) groups excluding carboxylic acids is 1. The van der Waals surface area contributed by atoms with E-state index in [9.17, 15) is 18.0 Å². The van der Waals surface area contributed by atoms with E-state index in [-0.39, 0.29) is 23.8 Å². The van der Waals surface area contributed by atoms with Gasteiger partial charge in [0.15, 0.2) is 0 Å². The highest BCUT2D eigenvalue weighted by Gasteiger charge is 2.30. The fourth-order valence-corrected chi connectivity index (χ4v) is 2.37. The van der Waals surface area contributed by atoms with E-state index < -0.39 is 17.7 Å². The zero-order valence-corrected chi connectivity index (χ0v) is 14.1. The highest BCUT2D eigenvalue weighted by Crippen LogP contribution is 2.31. The number of hydrogen-bond donors (Lipinski definition) is 1. The molecule has 0 amide bonds. The van der Waals surface area contributed by atoms with E-state index in [0.29, 0.717) is 11.3 Å². The van der Waals surface area contributed by atoms with Gasteiger partial charge in [-0.15, -0.1) is 0 Å². The summed E-state index contributed by atoms with van der Waals surface area (Å²) in [6, 6.07) is 11.4. The minimum atomic E-state index is -4.46. The van der Waals surface area contributed by atoms with E-state index in [4.69, 9.17) is 9.26 Å². The summed E-state index contributed by atoms with van der Waals surface area (Å²) in [5.41, 5.74) is 0.229. The van der Waals surface area contributed by atoms with Crippen molar-refractivity contribution in [2.24, 2.45) is 0 Å². The third kappa shape index (κ3) is 4.25. The average molecular weight is 377 g/mol. The Morgan fingerprint density at radius 2 is 1.96 bits per heavy atom. The summed E-state index contributed by atoms with van der Waals surface area (Å²) in [6.07, 6.45) is -4.46. The van der Waals surface area contributed by atoms with Crippen molar-refractivity contribution in [1.82, 2.24) is 10.1 Å². The molecule has 0 atom stereocenters. The first-order chi connectivity index (χ1) is 12.9. The topological polar surface area (TPSA) is 77.2 Å². The third-order valence-electron chi connectivity index (χ3n) is 3.68. The second-order valence-electron chi connectivity index (χ2n) is 5.48. The standard InChI is InChI=1S/C18H14F3N3O3/c1-26-17(25)13-7-2-3-8-14(13)22-10-15-23-16(24-27-15)11-5-4-6-12(9-11)18(19,20)21/h2-9,22H,10H2,1H3. The molecule has 3 rings (SSSR count). The van der Waals surface area contributed by atoms with Crippen LogP contribution in [-0.4, -0.2) is 23.2 Å². The summed E-state index contributed by atoms with van der Waals surface area (Å²) in [7, 11) is 1.28. The molecule has 2 aromatic carbocycles. The average Bonchev–Trinajstić information content (AvgIpc) is 3.14. The summed E-state index contributed by atoms with van der Waals surface area (Å²) < 4.78 is 48.2. The normalized spacial score (nSPS) is 11.3. The molecule has 3 aromatic rings. The zero-order chi connectivity index (χ0) is 19.4. The Morgan fingerprint density at radius 1 is 1.19 bits per heavy atom. The van der Waals surface area contributed by atoms with Crippen LogP contribution in [0, 0.1) is 0 Å². The molecule has 27 heavy (non-hydrogen) atoms. The molecule has 0 aliphatic rings. The Labute approximate surface area is 152 Å². The summed E-state index contributed by atoms with van der Waals surface area (Å²) >= 11 is 0. The number of alkyl halides is 3. The molecule has 0 saturated carbocycles. The van der Waals surface area contributed by atoms with Gasteiger partial charge in [-0.2, -0.15) is 18.2 Å². The van der Waals surface area contributed by atoms with Gasteiger partial charge in [0.25, 0.3) is 0 Å². The number of nitrogens with one attached hydrogen (secondary N) is 1. The first-order valence-corrected chi connectivity index (χ1v) is 7.80. The van der Waals surface area contributed by atoms with Crippen LogP contribution in [0.25, 0.3) is 11.4 Å². The van der Waals surface area contributed by atoms with Crippen LogP contribution in [-0.2, 0) is 17.5 Å². The smallest absolute Gasteiger partial charge is 0.416 e. The van der Waals surface area contributed by atoms with Gasteiger partial charge in [-0.1, -0.05) is 29.4 Å². The Kier molecular flexibility index (Phi) is 5.11. The van der Waals surface area contributed by atoms with Gasteiger partial charge >= 0.3 is 12.1 Å². The Hall–Kier alpha value is -3.36.